The monoisotopic (exact) mass is 399 g/mol. The third-order valence-corrected chi connectivity index (χ3v) is 5.17. The Labute approximate surface area is 159 Å². The second kappa shape index (κ2) is 9.78. The van der Waals surface area contributed by atoms with Crippen LogP contribution in [-0.2, 0) is 9.59 Å². The van der Waals surface area contributed by atoms with E-state index >= 15 is 0 Å². The number of likely N-dealkylation sites (tertiary alicyclic amines) is 1. The quantitative estimate of drug-likeness (QED) is 0.745. The molecule has 0 bridgehead atoms. The van der Waals surface area contributed by atoms with Crippen molar-refractivity contribution in [2.24, 2.45) is 17.8 Å². The summed E-state index contributed by atoms with van der Waals surface area (Å²) in [7, 11) is 0. The minimum absolute atomic E-state index is 0. The van der Waals surface area contributed by atoms with E-state index in [1.807, 2.05) is 6.92 Å². The maximum atomic E-state index is 12.7. The van der Waals surface area contributed by atoms with Crippen molar-refractivity contribution >= 4 is 24.2 Å². The van der Waals surface area contributed by atoms with Crippen molar-refractivity contribution in [1.29, 1.82) is 0 Å². The summed E-state index contributed by atoms with van der Waals surface area (Å²) in [5.74, 6) is -0.794. The van der Waals surface area contributed by atoms with Gasteiger partial charge in [0.15, 0.2) is 0 Å². The zero-order valence-corrected chi connectivity index (χ0v) is 16.2. The van der Waals surface area contributed by atoms with Gasteiger partial charge in [0.1, 0.15) is 6.54 Å². The van der Waals surface area contributed by atoms with Gasteiger partial charge in [-0.2, -0.15) is 13.2 Å². The zero-order chi connectivity index (χ0) is 18.6. The Kier molecular flexibility index (Phi) is 8.66. The molecule has 0 aromatic rings. The van der Waals surface area contributed by atoms with Gasteiger partial charge in [-0.15, -0.1) is 12.4 Å². The van der Waals surface area contributed by atoms with E-state index in [9.17, 15) is 22.8 Å². The number of carbonyl (C=O) groups is 2. The topological polar surface area (TPSA) is 52.7 Å². The summed E-state index contributed by atoms with van der Waals surface area (Å²) in [5.41, 5.74) is 0. The molecule has 0 aromatic carbocycles. The summed E-state index contributed by atoms with van der Waals surface area (Å²) in [6.45, 7) is 4.98. The summed E-state index contributed by atoms with van der Waals surface area (Å²) in [6, 6.07) is 0. The smallest absolute Gasteiger partial charge is 0.342 e. The molecular weight excluding hydrogens is 371 g/mol. The van der Waals surface area contributed by atoms with Gasteiger partial charge in [-0.05, 0) is 38.3 Å². The molecule has 0 aliphatic carbocycles. The van der Waals surface area contributed by atoms with E-state index in [2.05, 4.69) is 5.32 Å². The molecule has 0 aromatic heterocycles. The van der Waals surface area contributed by atoms with Gasteiger partial charge in [0, 0.05) is 25.6 Å². The van der Waals surface area contributed by atoms with Gasteiger partial charge in [-0.1, -0.05) is 13.8 Å². The maximum absolute atomic E-state index is 12.7. The molecule has 2 amide bonds. The van der Waals surface area contributed by atoms with E-state index in [0.29, 0.717) is 31.7 Å². The number of carbonyl (C=O) groups excluding carboxylic acids is 2. The lowest BCUT2D eigenvalue weighted by molar-refractivity contribution is -0.165. The standard InChI is InChI=1S/C17H28F3N3O2.ClH/c1-3-6-23(11-17(18,19)20)16(25)13-5-4-7-22(10-13)15(24)12(2)14-8-21-9-14;/h12-14,21H,3-11H2,1-2H3;1H. The summed E-state index contributed by atoms with van der Waals surface area (Å²) in [5, 5.41) is 3.14. The minimum atomic E-state index is -4.40. The number of nitrogens with one attached hydrogen (secondary N) is 1. The highest BCUT2D eigenvalue weighted by Crippen LogP contribution is 2.25. The fourth-order valence-corrected chi connectivity index (χ4v) is 3.54. The summed E-state index contributed by atoms with van der Waals surface area (Å²) >= 11 is 0. The van der Waals surface area contributed by atoms with Crippen LogP contribution in [0.15, 0.2) is 0 Å². The van der Waals surface area contributed by atoms with Gasteiger partial charge in [0.25, 0.3) is 0 Å². The molecule has 1 N–H and O–H groups in total. The fourth-order valence-electron chi connectivity index (χ4n) is 3.54. The average molecular weight is 400 g/mol. The highest BCUT2D eigenvalue weighted by Gasteiger charge is 2.38. The maximum Gasteiger partial charge on any atom is 0.406 e. The molecule has 0 saturated carbocycles. The Balaban J connectivity index is 0.00000338. The van der Waals surface area contributed by atoms with Gasteiger partial charge >= 0.3 is 6.18 Å². The summed E-state index contributed by atoms with van der Waals surface area (Å²) < 4.78 is 38.2. The van der Waals surface area contributed by atoms with Crippen molar-refractivity contribution in [3.8, 4) is 0 Å². The van der Waals surface area contributed by atoms with Crippen LogP contribution >= 0.6 is 12.4 Å². The molecule has 2 aliphatic rings. The molecule has 2 heterocycles. The molecule has 0 radical (unpaired) electrons. The first-order valence-corrected chi connectivity index (χ1v) is 9.08. The highest BCUT2D eigenvalue weighted by molar-refractivity contribution is 5.85. The summed E-state index contributed by atoms with van der Waals surface area (Å²) in [4.78, 5) is 27.8. The Morgan fingerprint density at radius 3 is 2.46 bits per heavy atom. The van der Waals surface area contributed by atoms with E-state index in [0.717, 1.165) is 18.0 Å². The molecule has 2 saturated heterocycles. The molecule has 26 heavy (non-hydrogen) atoms. The zero-order valence-electron chi connectivity index (χ0n) is 15.3. The first-order valence-electron chi connectivity index (χ1n) is 9.08. The normalized spacial score (nSPS) is 22.2. The summed E-state index contributed by atoms with van der Waals surface area (Å²) in [6.07, 6.45) is -2.73. The number of nitrogens with zero attached hydrogens (tertiary/aromatic N) is 2. The lowest BCUT2D eigenvalue weighted by atomic mass is 9.86. The van der Waals surface area contributed by atoms with Crippen molar-refractivity contribution < 1.29 is 22.8 Å². The van der Waals surface area contributed by atoms with Crippen LogP contribution in [0.2, 0.25) is 0 Å². The van der Waals surface area contributed by atoms with Crippen molar-refractivity contribution in [2.75, 3.05) is 39.3 Å². The van der Waals surface area contributed by atoms with Crippen LogP contribution in [0.5, 0.6) is 0 Å². The third kappa shape index (κ3) is 6.01. The average Bonchev–Trinajstić information content (AvgIpc) is 2.50. The SMILES string of the molecule is CCCN(CC(F)(F)F)C(=O)C1CCCN(C(=O)C(C)C2CNC2)C1.Cl. The molecule has 9 heteroatoms. The molecule has 2 rings (SSSR count). The Morgan fingerprint density at radius 2 is 1.96 bits per heavy atom. The highest BCUT2D eigenvalue weighted by atomic mass is 35.5. The van der Waals surface area contributed by atoms with Crippen molar-refractivity contribution in [2.45, 2.75) is 39.3 Å². The third-order valence-electron chi connectivity index (χ3n) is 5.17. The fraction of sp³-hybridized carbons (Fsp3) is 0.882. The molecule has 2 unspecified atom stereocenters. The number of halogens is 4. The number of rotatable bonds is 6. The first kappa shape index (κ1) is 23.0. The van der Waals surface area contributed by atoms with Crippen molar-refractivity contribution in [3.05, 3.63) is 0 Å². The molecule has 2 fully saturated rings. The molecule has 5 nitrogen and oxygen atoms in total. The van der Waals surface area contributed by atoms with Gasteiger partial charge in [0.05, 0.1) is 5.92 Å². The van der Waals surface area contributed by atoms with E-state index in [1.54, 1.807) is 11.8 Å². The van der Waals surface area contributed by atoms with Crippen LogP contribution in [0.1, 0.15) is 33.1 Å². The van der Waals surface area contributed by atoms with Gasteiger partial charge < -0.3 is 15.1 Å². The van der Waals surface area contributed by atoms with Crippen molar-refractivity contribution in [1.82, 2.24) is 15.1 Å². The van der Waals surface area contributed by atoms with Crippen LogP contribution in [0.4, 0.5) is 13.2 Å². The first-order chi connectivity index (χ1) is 11.7. The molecule has 2 atom stereocenters. The van der Waals surface area contributed by atoms with Gasteiger partial charge in [-0.25, -0.2) is 0 Å². The Hall–Kier alpha value is -1.02. The minimum Gasteiger partial charge on any atom is -0.342 e. The lowest BCUT2D eigenvalue weighted by Crippen LogP contribution is -2.53. The van der Waals surface area contributed by atoms with E-state index in [1.165, 1.54) is 0 Å². The molecule has 152 valence electrons. The predicted octanol–water partition coefficient (Wildman–Crippen LogP) is 2.30. The van der Waals surface area contributed by atoms with E-state index in [4.69, 9.17) is 0 Å². The van der Waals surface area contributed by atoms with Gasteiger partial charge in [0.2, 0.25) is 11.8 Å². The number of alkyl halides is 3. The van der Waals surface area contributed by atoms with Crippen LogP contribution in [-0.4, -0.2) is 67.1 Å². The molecule has 2 aliphatic heterocycles. The number of amides is 2. The number of hydrogen-bond donors (Lipinski definition) is 1. The molecular formula is C17H29ClF3N3O2. The number of hydrogen-bond acceptors (Lipinski definition) is 3. The van der Waals surface area contributed by atoms with E-state index < -0.39 is 24.5 Å². The lowest BCUT2D eigenvalue weighted by Gasteiger charge is -2.39. The molecule has 0 spiro atoms. The van der Waals surface area contributed by atoms with Crippen LogP contribution < -0.4 is 5.32 Å². The van der Waals surface area contributed by atoms with Crippen LogP contribution in [0.25, 0.3) is 0 Å². The largest absolute Gasteiger partial charge is 0.406 e. The van der Waals surface area contributed by atoms with Crippen molar-refractivity contribution in [3.63, 3.8) is 0 Å². The predicted molar refractivity (Wildman–Crippen MR) is 95.0 cm³/mol. The Bertz CT molecular complexity index is 486. The second-order valence-electron chi connectivity index (χ2n) is 7.21. The Morgan fingerprint density at radius 1 is 1.31 bits per heavy atom. The van der Waals surface area contributed by atoms with Crippen LogP contribution in [0.3, 0.4) is 0 Å². The van der Waals surface area contributed by atoms with Gasteiger partial charge in [-0.3, -0.25) is 9.59 Å². The second-order valence-corrected chi connectivity index (χ2v) is 7.21. The van der Waals surface area contributed by atoms with Crippen LogP contribution in [0, 0.1) is 17.8 Å². The van der Waals surface area contributed by atoms with E-state index in [-0.39, 0.29) is 37.3 Å². The number of piperidine rings is 1.